The van der Waals surface area contributed by atoms with Gasteiger partial charge in [-0.2, -0.15) is 5.26 Å². The van der Waals surface area contributed by atoms with Crippen molar-refractivity contribution >= 4 is 17.5 Å². The number of anilines is 1. The number of carbonyl (C=O) groups is 2. The van der Waals surface area contributed by atoms with Crippen LogP contribution in [0.3, 0.4) is 0 Å². The zero-order valence-electron chi connectivity index (χ0n) is 15.4. The molecule has 0 heterocycles. The van der Waals surface area contributed by atoms with Crippen molar-refractivity contribution in [3.05, 3.63) is 24.3 Å². The van der Waals surface area contributed by atoms with Crippen LogP contribution in [0.25, 0.3) is 0 Å². The maximum Gasteiger partial charge on any atom is 0.238 e. The molecule has 7 nitrogen and oxygen atoms in total. The molecule has 1 rings (SSSR count). The van der Waals surface area contributed by atoms with Crippen molar-refractivity contribution in [1.82, 2.24) is 10.2 Å². The fourth-order valence-electron chi connectivity index (χ4n) is 2.05. The van der Waals surface area contributed by atoms with Gasteiger partial charge in [0.05, 0.1) is 26.3 Å². The van der Waals surface area contributed by atoms with Crippen LogP contribution in [0.15, 0.2) is 24.3 Å². The molecule has 0 aliphatic carbocycles. The van der Waals surface area contributed by atoms with Gasteiger partial charge < -0.3 is 15.4 Å². The molecule has 0 saturated carbocycles. The molecule has 0 aromatic heterocycles. The van der Waals surface area contributed by atoms with Gasteiger partial charge in [0.15, 0.2) is 0 Å². The quantitative estimate of drug-likeness (QED) is 0.746. The molecule has 1 atom stereocenters. The van der Waals surface area contributed by atoms with E-state index >= 15 is 0 Å². The Hall–Kier alpha value is -2.59. The monoisotopic (exact) mass is 346 g/mol. The fourth-order valence-corrected chi connectivity index (χ4v) is 2.05. The molecule has 7 heteroatoms. The zero-order valence-corrected chi connectivity index (χ0v) is 15.4. The zero-order chi connectivity index (χ0) is 19.0. The lowest BCUT2D eigenvalue weighted by Gasteiger charge is -2.28. The van der Waals surface area contributed by atoms with E-state index in [0.29, 0.717) is 11.4 Å². The number of nitrogens with zero attached hydrogens (tertiary/aromatic N) is 2. The molecular weight excluding hydrogens is 320 g/mol. The molecule has 0 aliphatic rings. The van der Waals surface area contributed by atoms with E-state index in [4.69, 9.17) is 4.74 Å². The highest BCUT2D eigenvalue weighted by Crippen LogP contribution is 2.15. The first-order valence-electron chi connectivity index (χ1n) is 8.05. The van der Waals surface area contributed by atoms with Crippen LogP contribution in [0.1, 0.15) is 20.8 Å². The number of benzene rings is 1. The number of amides is 2. The highest BCUT2D eigenvalue weighted by Gasteiger charge is 2.30. The Balaban J connectivity index is 2.49. The van der Waals surface area contributed by atoms with Crippen molar-refractivity contribution < 1.29 is 14.3 Å². The van der Waals surface area contributed by atoms with E-state index in [-0.39, 0.29) is 30.8 Å². The third-order valence-corrected chi connectivity index (χ3v) is 3.99. The smallest absolute Gasteiger partial charge is 0.238 e. The van der Waals surface area contributed by atoms with Gasteiger partial charge in [-0.05, 0) is 44.2 Å². The first-order chi connectivity index (χ1) is 11.7. The van der Waals surface area contributed by atoms with Crippen LogP contribution >= 0.6 is 0 Å². The number of carbonyl (C=O) groups excluding carboxylic acids is 2. The van der Waals surface area contributed by atoms with Crippen molar-refractivity contribution in [2.24, 2.45) is 5.92 Å². The van der Waals surface area contributed by atoms with Gasteiger partial charge in [-0.25, -0.2) is 0 Å². The third kappa shape index (κ3) is 6.43. The van der Waals surface area contributed by atoms with Crippen molar-refractivity contribution in [3.8, 4) is 11.8 Å². The van der Waals surface area contributed by atoms with E-state index in [2.05, 4.69) is 16.7 Å². The number of methoxy groups -OCH3 is 1. The molecule has 0 radical (unpaired) electrons. The predicted molar refractivity (Wildman–Crippen MR) is 96.1 cm³/mol. The molecule has 0 bridgehead atoms. The summed E-state index contributed by atoms with van der Waals surface area (Å²) in [6, 6.07) is 9.11. The molecule has 136 valence electrons. The summed E-state index contributed by atoms with van der Waals surface area (Å²) >= 11 is 0. The van der Waals surface area contributed by atoms with E-state index in [1.165, 1.54) is 0 Å². The van der Waals surface area contributed by atoms with Crippen LogP contribution in [-0.4, -0.2) is 49.5 Å². The summed E-state index contributed by atoms with van der Waals surface area (Å²) in [4.78, 5) is 25.7. The molecule has 1 aromatic carbocycles. The number of rotatable bonds is 8. The van der Waals surface area contributed by atoms with Gasteiger partial charge in [-0.1, -0.05) is 13.8 Å². The molecule has 0 aliphatic heterocycles. The molecule has 1 aromatic rings. The molecule has 2 N–H and O–H groups in total. The van der Waals surface area contributed by atoms with E-state index in [1.54, 1.807) is 50.2 Å². The Labute approximate surface area is 148 Å². The molecule has 2 amide bonds. The lowest BCUT2D eigenvalue weighted by molar-refractivity contribution is -0.124. The van der Waals surface area contributed by atoms with Crippen molar-refractivity contribution in [2.45, 2.75) is 26.3 Å². The van der Waals surface area contributed by atoms with E-state index in [9.17, 15) is 14.9 Å². The van der Waals surface area contributed by atoms with Crippen LogP contribution in [0.4, 0.5) is 5.69 Å². The standard InChI is InChI=1S/C18H26N4O3/c1-13(2)18(3,12-19)21-17(24)11-22(4)10-16(23)20-14-6-8-15(25-5)9-7-14/h6-9,13H,10-11H2,1-5H3,(H,20,23)(H,21,24)/t18-/m1/s1. The molecule has 25 heavy (non-hydrogen) atoms. The van der Waals surface area contributed by atoms with Crippen LogP contribution in [0.5, 0.6) is 5.75 Å². The normalized spacial score (nSPS) is 13.0. The number of nitrogens with one attached hydrogen (secondary N) is 2. The average Bonchev–Trinajstić information content (AvgIpc) is 2.54. The summed E-state index contributed by atoms with van der Waals surface area (Å²) in [6.45, 7) is 5.52. The number of likely N-dealkylation sites (N-methyl/N-ethyl adjacent to an activating group) is 1. The lowest BCUT2D eigenvalue weighted by atomic mass is 9.90. The first kappa shape index (κ1) is 20.5. The molecule has 0 spiro atoms. The average molecular weight is 346 g/mol. The van der Waals surface area contributed by atoms with Gasteiger partial charge in [-0.15, -0.1) is 0 Å². The minimum Gasteiger partial charge on any atom is -0.497 e. The van der Waals surface area contributed by atoms with Gasteiger partial charge in [0.2, 0.25) is 11.8 Å². The van der Waals surface area contributed by atoms with Gasteiger partial charge >= 0.3 is 0 Å². The van der Waals surface area contributed by atoms with Crippen LogP contribution < -0.4 is 15.4 Å². The van der Waals surface area contributed by atoms with Crippen molar-refractivity contribution in [3.63, 3.8) is 0 Å². The van der Waals surface area contributed by atoms with E-state index in [0.717, 1.165) is 0 Å². The Bertz CT molecular complexity index is 637. The highest BCUT2D eigenvalue weighted by atomic mass is 16.5. The van der Waals surface area contributed by atoms with Gasteiger partial charge in [-0.3, -0.25) is 14.5 Å². The topological polar surface area (TPSA) is 94.5 Å². The summed E-state index contributed by atoms with van der Waals surface area (Å²) in [5, 5.41) is 14.7. The Kier molecular flexibility index (Phi) is 7.40. The van der Waals surface area contributed by atoms with Crippen LogP contribution in [-0.2, 0) is 9.59 Å². The number of ether oxygens (including phenoxy) is 1. The highest BCUT2D eigenvalue weighted by molar-refractivity contribution is 5.92. The van der Waals surface area contributed by atoms with E-state index in [1.807, 2.05) is 13.8 Å². The van der Waals surface area contributed by atoms with E-state index < -0.39 is 5.54 Å². The lowest BCUT2D eigenvalue weighted by Crippen LogP contribution is -2.51. The maximum atomic E-state index is 12.1. The van der Waals surface area contributed by atoms with Gasteiger partial charge in [0.1, 0.15) is 11.3 Å². The fraction of sp³-hybridized carbons (Fsp3) is 0.500. The Morgan fingerprint density at radius 1 is 1.24 bits per heavy atom. The van der Waals surface area contributed by atoms with Crippen molar-refractivity contribution in [2.75, 3.05) is 32.6 Å². The SMILES string of the molecule is COc1ccc(NC(=O)CN(C)CC(=O)N[C@](C)(C#N)C(C)C)cc1. The van der Waals surface area contributed by atoms with Gasteiger partial charge in [0.25, 0.3) is 0 Å². The summed E-state index contributed by atoms with van der Waals surface area (Å²) < 4.78 is 5.06. The summed E-state index contributed by atoms with van der Waals surface area (Å²) in [7, 11) is 3.25. The third-order valence-electron chi connectivity index (χ3n) is 3.99. The number of hydrogen-bond donors (Lipinski definition) is 2. The first-order valence-corrected chi connectivity index (χ1v) is 8.05. The minimum absolute atomic E-state index is 0.0230. The van der Waals surface area contributed by atoms with Crippen molar-refractivity contribution in [1.29, 1.82) is 5.26 Å². The second-order valence-corrected chi connectivity index (χ2v) is 6.47. The summed E-state index contributed by atoms with van der Waals surface area (Å²) in [5.74, 6) is 0.160. The van der Waals surface area contributed by atoms with Crippen LogP contribution in [0.2, 0.25) is 0 Å². The largest absolute Gasteiger partial charge is 0.497 e. The maximum absolute atomic E-state index is 12.1. The van der Waals surface area contributed by atoms with Crippen LogP contribution in [0, 0.1) is 17.2 Å². The Morgan fingerprint density at radius 3 is 2.28 bits per heavy atom. The molecule has 0 fully saturated rings. The summed E-state index contributed by atoms with van der Waals surface area (Å²) in [6.07, 6.45) is 0. The number of hydrogen-bond acceptors (Lipinski definition) is 5. The molecular formula is C18H26N4O3. The molecule has 0 saturated heterocycles. The second kappa shape index (κ2) is 9.04. The Morgan fingerprint density at radius 2 is 1.80 bits per heavy atom. The second-order valence-electron chi connectivity index (χ2n) is 6.47. The number of nitriles is 1. The summed E-state index contributed by atoms with van der Waals surface area (Å²) in [5.41, 5.74) is -0.274. The predicted octanol–water partition coefficient (Wildman–Crippen LogP) is 1.62. The minimum atomic E-state index is -0.927. The molecule has 0 unspecified atom stereocenters. The van der Waals surface area contributed by atoms with Gasteiger partial charge in [0, 0.05) is 5.69 Å².